The highest BCUT2D eigenvalue weighted by atomic mass is 31.2. The normalized spacial score (nSPS) is 15.4. The van der Waals surface area contributed by atoms with Crippen molar-refractivity contribution in [2.45, 2.75) is 129 Å². The Bertz CT molecular complexity index is 856. The Balaban J connectivity index is 4.52. The van der Waals surface area contributed by atoms with Gasteiger partial charge in [0, 0.05) is 13.0 Å². The van der Waals surface area contributed by atoms with Crippen molar-refractivity contribution in [3.8, 4) is 0 Å². The molecule has 248 valence electrons. The molecule has 8 nitrogen and oxygen atoms in total. The number of amides is 1. The fourth-order valence-corrected chi connectivity index (χ4v) is 4.96. The number of carbonyl (C=O) groups is 1. The average Bonchev–Trinajstić information content (AvgIpc) is 2.99. The van der Waals surface area contributed by atoms with E-state index < -0.39 is 20.0 Å². The van der Waals surface area contributed by atoms with Crippen LogP contribution in [0.1, 0.15) is 117 Å². The largest absolute Gasteiger partial charge is 0.472 e. The summed E-state index contributed by atoms with van der Waals surface area (Å²) in [6.45, 7) is 3.95. The Morgan fingerprint density at radius 1 is 0.767 bits per heavy atom. The van der Waals surface area contributed by atoms with Crippen molar-refractivity contribution in [1.29, 1.82) is 0 Å². The smallest absolute Gasteiger partial charge is 0.391 e. The topological polar surface area (TPSA) is 131 Å². The first kappa shape index (κ1) is 41.2. The molecule has 0 rings (SSSR count). The maximum absolute atomic E-state index is 12.6. The zero-order valence-corrected chi connectivity index (χ0v) is 27.8. The van der Waals surface area contributed by atoms with Crippen LogP contribution in [-0.4, -0.2) is 47.8 Å². The lowest BCUT2D eigenvalue weighted by Crippen LogP contribution is -2.46. The lowest BCUT2D eigenvalue weighted by molar-refractivity contribution is -0.122. The van der Waals surface area contributed by atoms with E-state index in [0.717, 1.165) is 44.9 Å². The second-order valence-corrected chi connectivity index (χ2v) is 12.1. The van der Waals surface area contributed by atoms with Crippen LogP contribution in [0.25, 0.3) is 0 Å². The Morgan fingerprint density at radius 3 is 1.77 bits per heavy atom. The molecule has 0 spiro atoms. The first-order valence-electron chi connectivity index (χ1n) is 16.4. The van der Waals surface area contributed by atoms with Crippen molar-refractivity contribution < 1.29 is 28.4 Å². The van der Waals surface area contributed by atoms with Gasteiger partial charge in [-0.3, -0.25) is 13.8 Å². The lowest BCUT2D eigenvalue weighted by Gasteiger charge is -2.25. The predicted molar refractivity (Wildman–Crippen MR) is 180 cm³/mol. The number of nitrogens with one attached hydrogen (secondary N) is 1. The Hall–Kier alpha value is -1.80. The minimum atomic E-state index is -4.33. The summed E-state index contributed by atoms with van der Waals surface area (Å²) in [6.07, 6.45) is 35.5. The second-order valence-electron chi connectivity index (χ2n) is 10.7. The monoisotopic (exact) mass is 624 g/mol. The summed E-state index contributed by atoms with van der Waals surface area (Å²) in [7, 11) is -4.33. The van der Waals surface area contributed by atoms with E-state index in [1.54, 1.807) is 6.08 Å². The first-order chi connectivity index (χ1) is 20.9. The number of allylic oxidation sites excluding steroid dienone is 9. The third-order valence-electron chi connectivity index (χ3n) is 6.66. The molecule has 0 heterocycles. The van der Waals surface area contributed by atoms with Crippen molar-refractivity contribution in [2.24, 2.45) is 5.73 Å². The summed E-state index contributed by atoms with van der Waals surface area (Å²) >= 11 is 0. The highest BCUT2D eigenvalue weighted by Gasteiger charge is 2.27. The summed E-state index contributed by atoms with van der Waals surface area (Å²) in [5.74, 6) is -0.295. The van der Waals surface area contributed by atoms with E-state index >= 15 is 0 Å². The average molecular weight is 625 g/mol. The maximum atomic E-state index is 12.6. The van der Waals surface area contributed by atoms with Gasteiger partial charge in [0.2, 0.25) is 5.91 Å². The van der Waals surface area contributed by atoms with E-state index in [4.69, 9.17) is 14.8 Å². The molecule has 0 aliphatic carbocycles. The van der Waals surface area contributed by atoms with E-state index in [0.29, 0.717) is 12.8 Å². The van der Waals surface area contributed by atoms with E-state index in [1.807, 2.05) is 6.08 Å². The second kappa shape index (κ2) is 30.2. The Kier molecular flexibility index (Phi) is 29.0. The van der Waals surface area contributed by atoms with Crippen molar-refractivity contribution in [1.82, 2.24) is 5.32 Å². The van der Waals surface area contributed by atoms with Crippen LogP contribution in [0.3, 0.4) is 0 Å². The number of hydrogen-bond donors (Lipinski definition) is 4. The van der Waals surface area contributed by atoms with E-state index in [1.165, 1.54) is 38.5 Å². The number of unbranched alkanes of at least 4 members (excludes halogenated alkanes) is 8. The van der Waals surface area contributed by atoms with Crippen LogP contribution < -0.4 is 11.1 Å². The van der Waals surface area contributed by atoms with Crippen LogP contribution in [0.15, 0.2) is 60.8 Å². The van der Waals surface area contributed by atoms with E-state index in [2.05, 4.69) is 67.8 Å². The molecule has 3 unspecified atom stereocenters. The molecule has 3 atom stereocenters. The van der Waals surface area contributed by atoms with Crippen molar-refractivity contribution in [2.75, 3.05) is 19.8 Å². The molecule has 0 aliphatic rings. The molecule has 1 amide bonds. The lowest BCUT2D eigenvalue weighted by atomic mass is 10.0. The van der Waals surface area contributed by atoms with Gasteiger partial charge in [-0.15, -0.1) is 0 Å². The van der Waals surface area contributed by atoms with Crippen molar-refractivity contribution in [3.05, 3.63) is 60.8 Å². The molecule has 0 radical (unpaired) electrons. The van der Waals surface area contributed by atoms with Crippen molar-refractivity contribution >= 4 is 13.7 Å². The minimum absolute atomic E-state index is 0.0720. The summed E-state index contributed by atoms with van der Waals surface area (Å²) in [4.78, 5) is 22.4. The van der Waals surface area contributed by atoms with Gasteiger partial charge in [-0.25, -0.2) is 4.57 Å². The molecule has 0 saturated carbocycles. The van der Waals surface area contributed by atoms with Crippen LogP contribution in [0.5, 0.6) is 0 Å². The van der Waals surface area contributed by atoms with Gasteiger partial charge in [0.15, 0.2) is 0 Å². The highest BCUT2D eigenvalue weighted by molar-refractivity contribution is 7.47. The molecule has 0 aromatic rings. The maximum Gasteiger partial charge on any atom is 0.472 e. The summed E-state index contributed by atoms with van der Waals surface area (Å²) < 4.78 is 21.9. The standard InChI is InChI=1S/C34H61N2O6P/c1-3-5-7-9-11-13-14-15-16-17-18-20-22-24-26-28-34(38)36-32(31-42-43(39,40)41-30-29-35)33(37)27-25-23-21-19-12-10-8-6-4-2/h5,7,11,13,15-16,18,20,24,26,32-33,37H,3-4,6,8-10,12,14,17,19,21-23,25,27-31,35H2,1-2H3,(H,36,38)(H,39,40)/b7-5-,13-11-,16-15-,20-18-,26-24-. The molecule has 0 aromatic heterocycles. The zero-order chi connectivity index (χ0) is 31.9. The van der Waals surface area contributed by atoms with Gasteiger partial charge in [0.1, 0.15) is 0 Å². The fraction of sp³-hybridized carbons (Fsp3) is 0.676. The molecular weight excluding hydrogens is 563 g/mol. The summed E-state index contributed by atoms with van der Waals surface area (Å²) in [6, 6.07) is -0.828. The summed E-state index contributed by atoms with van der Waals surface area (Å²) in [5, 5.41) is 13.5. The number of carbonyl (C=O) groups excluding carboxylic acids is 1. The van der Waals surface area contributed by atoms with Crippen LogP contribution in [0, 0.1) is 0 Å². The SMILES string of the molecule is CC/C=C\C/C=C\C/C=C\C/C=C\C/C=C\CC(=O)NC(COP(=O)(O)OCCN)C(O)CCCCCCCCCCC. The van der Waals surface area contributed by atoms with Crippen molar-refractivity contribution in [3.63, 3.8) is 0 Å². The molecule has 5 N–H and O–H groups in total. The highest BCUT2D eigenvalue weighted by Crippen LogP contribution is 2.43. The number of aliphatic hydroxyl groups is 1. The molecular formula is C34H61N2O6P. The molecule has 0 bridgehead atoms. The third-order valence-corrected chi connectivity index (χ3v) is 7.65. The number of phosphoric ester groups is 1. The minimum Gasteiger partial charge on any atom is -0.391 e. The Morgan fingerprint density at radius 2 is 1.26 bits per heavy atom. The van der Waals surface area contributed by atoms with E-state index in [9.17, 15) is 19.4 Å². The third kappa shape index (κ3) is 28.7. The molecule has 0 saturated heterocycles. The fourth-order valence-electron chi connectivity index (χ4n) is 4.20. The Labute approximate surface area is 262 Å². The van der Waals surface area contributed by atoms with Gasteiger partial charge in [-0.05, 0) is 38.5 Å². The molecule has 0 aromatic carbocycles. The molecule has 0 fully saturated rings. The van der Waals surface area contributed by atoms with Gasteiger partial charge in [-0.1, -0.05) is 132 Å². The molecule has 9 heteroatoms. The number of nitrogens with two attached hydrogens (primary N) is 1. The zero-order valence-electron chi connectivity index (χ0n) is 26.9. The van der Waals surface area contributed by atoms with Gasteiger partial charge in [0.25, 0.3) is 0 Å². The quantitative estimate of drug-likeness (QED) is 0.0377. The van der Waals surface area contributed by atoms with E-state index in [-0.39, 0.29) is 32.1 Å². The molecule has 0 aliphatic heterocycles. The van der Waals surface area contributed by atoms with Crippen LogP contribution in [0.2, 0.25) is 0 Å². The number of aliphatic hydroxyl groups excluding tert-OH is 1. The molecule has 43 heavy (non-hydrogen) atoms. The van der Waals surface area contributed by atoms with Gasteiger partial charge < -0.3 is 21.1 Å². The van der Waals surface area contributed by atoms with Gasteiger partial charge in [-0.2, -0.15) is 0 Å². The van der Waals surface area contributed by atoms with Crippen LogP contribution >= 0.6 is 7.82 Å². The van der Waals surface area contributed by atoms with Crippen LogP contribution in [-0.2, 0) is 18.4 Å². The number of phosphoric acid groups is 1. The van der Waals surface area contributed by atoms with Gasteiger partial charge in [0.05, 0.1) is 25.4 Å². The van der Waals surface area contributed by atoms with Crippen LogP contribution in [0.4, 0.5) is 0 Å². The van der Waals surface area contributed by atoms with Gasteiger partial charge >= 0.3 is 7.82 Å². The number of rotatable bonds is 29. The predicted octanol–water partition coefficient (Wildman–Crippen LogP) is 7.99. The summed E-state index contributed by atoms with van der Waals surface area (Å²) in [5.41, 5.74) is 5.33. The first-order valence-corrected chi connectivity index (χ1v) is 17.9. The number of hydrogen-bond acceptors (Lipinski definition) is 6.